The fourth-order valence-electron chi connectivity index (χ4n) is 6.22. The van der Waals surface area contributed by atoms with Crippen molar-refractivity contribution in [3.63, 3.8) is 0 Å². The molecule has 3 aliphatic carbocycles. The molecule has 0 spiro atoms. The molecular formula is C19H26O4. The van der Waals surface area contributed by atoms with E-state index in [1.165, 1.54) is 5.57 Å². The zero-order valence-electron chi connectivity index (χ0n) is 14.0. The molecule has 2 saturated carbocycles. The van der Waals surface area contributed by atoms with Crippen LogP contribution >= 0.6 is 0 Å². The molecule has 0 aromatic heterocycles. The summed E-state index contributed by atoms with van der Waals surface area (Å²) in [5, 5.41) is 11.0. The van der Waals surface area contributed by atoms with Crippen LogP contribution in [0.4, 0.5) is 0 Å². The Bertz CT molecular complexity index is 594. The molecule has 0 amide bonds. The molecule has 1 aliphatic heterocycles. The van der Waals surface area contributed by atoms with Gasteiger partial charge in [0.15, 0.2) is 5.78 Å². The van der Waals surface area contributed by atoms with E-state index in [1.54, 1.807) is 0 Å². The Balaban J connectivity index is 1.72. The maximum absolute atomic E-state index is 11.8. The van der Waals surface area contributed by atoms with Gasteiger partial charge in [-0.05, 0) is 55.9 Å². The Labute approximate surface area is 137 Å². The third-order valence-corrected chi connectivity index (χ3v) is 7.24. The quantitative estimate of drug-likeness (QED) is 0.698. The number of aliphatic hydroxyl groups is 1. The largest absolute Gasteiger partial charge is 0.459 e. The summed E-state index contributed by atoms with van der Waals surface area (Å²) >= 11 is 0. The first-order chi connectivity index (χ1) is 10.8. The topological polar surface area (TPSA) is 63.6 Å². The Morgan fingerprint density at radius 2 is 1.96 bits per heavy atom. The van der Waals surface area contributed by atoms with E-state index in [0.29, 0.717) is 31.1 Å². The first-order valence-electron chi connectivity index (χ1n) is 8.97. The SMILES string of the molecule is C[C@]12CCC(=O)C=C1CC[C@H]1[C@H]2[C@H](O)C[C@]2(C)OC(=O)CC[C@@H]12. The molecular weight excluding hydrogens is 292 g/mol. The van der Waals surface area contributed by atoms with E-state index < -0.39 is 11.7 Å². The third-order valence-electron chi connectivity index (χ3n) is 7.24. The number of ketones is 1. The van der Waals surface area contributed by atoms with Crippen molar-refractivity contribution in [2.45, 2.75) is 70.5 Å². The van der Waals surface area contributed by atoms with Crippen LogP contribution in [0, 0.1) is 23.2 Å². The summed E-state index contributed by atoms with van der Waals surface area (Å²) in [5.74, 6) is 1.01. The van der Waals surface area contributed by atoms with Crippen molar-refractivity contribution in [1.82, 2.24) is 0 Å². The number of allylic oxidation sites excluding steroid dienone is 2. The standard InChI is InChI=1S/C19H26O4/c1-18-8-7-12(20)9-11(18)3-4-13-14-5-6-16(22)23-19(14,2)10-15(21)17(13)18/h9,13-15,17,21H,3-8,10H2,1-2H3/t13-,14+,15-,17+,18+,19+/m1/s1. The highest BCUT2D eigenvalue weighted by Gasteiger charge is 2.60. The molecule has 1 saturated heterocycles. The van der Waals surface area contributed by atoms with Gasteiger partial charge in [0.25, 0.3) is 0 Å². The predicted molar refractivity (Wildman–Crippen MR) is 84.5 cm³/mol. The average Bonchev–Trinajstić information content (AvgIpc) is 2.46. The second-order valence-electron chi connectivity index (χ2n) is 8.49. The summed E-state index contributed by atoms with van der Waals surface area (Å²) in [6.45, 7) is 4.25. The van der Waals surface area contributed by atoms with Crippen molar-refractivity contribution in [1.29, 1.82) is 0 Å². The second-order valence-corrected chi connectivity index (χ2v) is 8.49. The van der Waals surface area contributed by atoms with E-state index in [0.717, 1.165) is 25.7 Å². The molecule has 4 heteroatoms. The molecule has 6 atom stereocenters. The molecule has 4 rings (SSSR count). The molecule has 1 heterocycles. The van der Waals surface area contributed by atoms with Crippen molar-refractivity contribution in [2.75, 3.05) is 0 Å². The molecule has 0 unspecified atom stereocenters. The van der Waals surface area contributed by atoms with Gasteiger partial charge in [-0.2, -0.15) is 0 Å². The Hall–Kier alpha value is -1.16. The molecule has 126 valence electrons. The summed E-state index contributed by atoms with van der Waals surface area (Å²) in [7, 11) is 0. The maximum Gasteiger partial charge on any atom is 0.306 e. The minimum absolute atomic E-state index is 0.0704. The average molecular weight is 318 g/mol. The van der Waals surface area contributed by atoms with Gasteiger partial charge in [-0.3, -0.25) is 9.59 Å². The van der Waals surface area contributed by atoms with Crippen LogP contribution in [0.2, 0.25) is 0 Å². The molecule has 0 radical (unpaired) electrons. The minimum atomic E-state index is -0.516. The van der Waals surface area contributed by atoms with E-state index in [1.807, 2.05) is 13.0 Å². The zero-order valence-corrected chi connectivity index (χ0v) is 14.0. The zero-order chi connectivity index (χ0) is 16.4. The first kappa shape index (κ1) is 15.4. The Morgan fingerprint density at radius 3 is 2.74 bits per heavy atom. The monoisotopic (exact) mass is 318 g/mol. The summed E-state index contributed by atoms with van der Waals surface area (Å²) in [6.07, 6.45) is 6.66. The van der Waals surface area contributed by atoms with E-state index in [-0.39, 0.29) is 23.1 Å². The van der Waals surface area contributed by atoms with Crippen molar-refractivity contribution < 1.29 is 19.4 Å². The van der Waals surface area contributed by atoms with Crippen LogP contribution in [0.5, 0.6) is 0 Å². The third kappa shape index (κ3) is 2.14. The summed E-state index contributed by atoms with van der Waals surface area (Å²) in [4.78, 5) is 23.6. The van der Waals surface area contributed by atoms with Crippen LogP contribution in [-0.2, 0) is 14.3 Å². The number of rotatable bonds is 0. The predicted octanol–water partition coefficient (Wildman–Crippen LogP) is 2.78. The van der Waals surface area contributed by atoms with Crippen LogP contribution < -0.4 is 0 Å². The molecule has 0 bridgehead atoms. The molecule has 0 aromatic rings. The molecule has 4 aliphatic rings. The smallest absolute Gasteiger partial charge is 0.306 e. The van der Waals surface area contributed by atoms with Gasteiger partial charge in [-0.15, -0.1) is 0 Å². The van der Waals surface area contributed by atoms with Gasteiger partial charge in [-0.1, -0.05) is 12.5 Å². The normalized spacial score (nSPS) is 49.4. The molecule has 23 heavy (non-hydrogen) atoms. The number of esters is 1. The summed E-state index contributed by atoms with van der Waals surface area (Å²) in [6, 6.07) is 0. The van der Waals surface area contributed by atoms with Gasteiger partial charge in [-0.25, -0.2) is 0 Å². The van der Waals surface area contributed by atoms with Crippen LogP contribution in [0.15, 0.2) is 11.6 Å². The highest BCUT2D eigenvalue weighted by Crippen LogP contribution is 2.61. The summed E-state index contributed by atoms with van der Waals surface area (Å²) < 4.78 is 5.72. The number of carbonyl (C=O) groups excluding carboxylic acids is 2. The van der Waals surface area contributed by atoms with Crippen molar-refractivity contribution in [2.24, 2.45) is 23.2 Å². The summed E-state index contributed by atoms with van der Waals surface area (Å²) in [5.41, 5.74) is 0.655. The van der Waals surface area contributed by atoms with Gasteiger partial charge in [0.05, 0.1) is 6.10 Å². The Kier molecular flexibility index (Phi) is 3.29. The van der Waals surface area contributed by atoms with Gasteiger partial charge >= 0.3 is 5.97 Å². The van der Waals surface area contributed by atoms with E-state index in [2.05, 4.69) is 6.92 Å². The minimum Gasteiger partial charge on any atom is -0.459 e. The fraction of sp³-hybridized carbons (Fsp3) is 0.789. The number of hydrogen-bond acceptors (Lipinski definition) is 4. The van der Waals surface area contributed by atoms with Crippen molar-refractivity contribution in [3.8, 4) is 0 Å². The number of aliphatic hydroxyl groups excluding tert-OH is 1. The van der Waals surface area contributed by atoms with Gasteiger partial charge in [0, 0.05) is 25.2 Å². The molecule has 1 N–H and O–H groups in total. The lowest BCUT2D eigenvalue weighted by atomic mass is 9.47. The second kappa shape index (κ2) is 4.92. The van der Waals surface area contributed by atoms with E-state index >= 15 is 0 Å². The molecule has 0 aromatic carbocycles. The van der Waals surface area contributed by atoms with Crippen molar-refractivity contribution >= 4 is 11.8 Å². The maximum atomic E-state index is 11.8. The number of hydrogen-bond donors (Lipinski definition) is 1. The van der Waals surface area contributed by atoms with Crippen LogP contribution in [0.25, 0.3) is 0 Å². The van der Waals surface area contributed by atoms with E-state index in [9.17, 15) is 14.7 Å². The molecule has 3 fully saturated rings. The van der Waals surface area contributed by atoms with Crippen LogP contribution in [0.3, 0.4) is 0 Å². The van der Waals surface area contributed by atoms with Crippen molar-refractivity contribution in [3.05, 3.63) is 11.6 Å². The number of fused-ring (bicyclic) bond motifs is 5. The van der Waals surface area contributed by atoms with Gasteiger partial charge in [0.2, 0.25) is 0 Å². The van der Waals surface area contributed by atoms with Gasteiger partial charge < -0.3 is 9.84 Å². The lowest BCUT2D eigenvalue weighted by molar-refractivity contribution is -0.212. The number of carbonyl (C=O) groups is 2. The lowest BCUT2D eigenvalue weighted by Gasteiger charge is -2.60. The Morgan fingerprint density at radius 1 is 1.17 bits per heavy atom. The fourth-order valence-corrected chi connectivity index (χ4v) is 6.22. The molecule has 4 nitrogen and oxygen atoms in total. The number of ether oxygens (including phenoxy) is 1. The highest BCUT2D eigenvalue weighted by molar-refractivity contribution is 5.91. The van der Waals surface area contributed by atoms with Crippen LogP contribution in [0.1, 0.15) is 58.8 Å². The van der Waals surface area contributed by atoms with Crippen LogP contribution in [-0.4, -0.2) is 28.6 Å². The lowest BCUT2D eigenvalue weighted by Crippen LogP contribution is -2.61. The van der Waals surface area contributed by atoms with E-state index in [4.69, 9.17) is 4.74 Å². The first-order valence-corrected chi connectivity index (χ1v) is 8.97. The van der Waals surface area contributed by atoms with Gasteiger partial charge in [0.1, 0.15) is 5.60 Å². The highest BCUT2D eigenvalue weighted by atomic mass is 16.6.